The number of aryl methyl sites for hydroxylation is 1. The number of benzene rings is 2. The van der Waals surface area contributed by atoms with E-state index in [4.69, 9.17) is 38.4 Å². The molecule has 0 unspecified atom stereocenters. The van der Waals surface area contributed by atoms with Crippen molar-refractivity contribution in [1.82, 2.24) is 0 Å². The molecule has 0 saturated carbocycles. The summed E-state index contributed by atoms with van der Waals surface area (Å²) in [5, 5.41) is 3.56. The number of methoxy groups -OCH3 is 1. The lowest BCUT2D eigenvalue weighted by atomic mass is 10.2. The van der Waals surface area contributed by atoms with E-state index >= 15 is 0 Å². The Morgan fingerprint density at radius 3 is 2.65 bits per heavy atom. The van der Waals surface area contributed by atoms with Crippen LogP contribution in [0.2, 0.25) is 10.0 Å². The third-order valence-corrected chi connectivity index (χ3v) is 3.54. The van der Waals surface area contributed by atoms with E-state index in [2.05, 4.69) is 5.32 Å². The average molecular weight is 355 g/mol. The molecule has 0 atom stereocenters. The molecule has 0 saturated heterocycles. The second-order valence-corrected chi connectivity index (χ2v) is 5.67. The highest BCUT2D eigenvalue weighted by atomic mass is 35.5. The quantitative estimate of drug-likeness (QED) is 0.798. The van der Waals surface area contributed by atoms with E-state index in [1.807, 2.05) is 0 Å². The van der Waals surface area contributed by atoms with Crippen LogP contribution in [0.1, 0.15) is 5.56 Å². The molecule has 0 spiro atoms. The van der Waals surface area contributed by atoms with E-state index in [9.17, 15) is 4.79 Å². The third-order valence-electron chi connectivity index (χ3n) is 3.04. The van der Waals surface area contributed by atoms with Crippen molar-refractivity contribution in [2.75, 3.05) is 24.8 Å². The Kier molecular flexibility index (Phi) is 5.58. The minimum absolute atomic E-state index is 0.199. The van der Waals surface area contributed by atoms with Crippen molar-refractivity contribution in [2.45, 2.75) is 6.92 Å². The highest BCUT2D eigenvalue weighted by molar-refractivity contribution is 6.35. The number of halogens is 2. The predicted molar refractivity (Wildman–Crippen MR) is 92.7 cm³/mol. The van der Waals surface area contributed by atoms with E-state index in [1.165, 1.54) is 7.11 Å². The molecule has 0 aliphatic rings. The first-order chi connectivity index (χ1) is 10.9. The Balaban J connectivity index is 2.04. The Hall–Kier alpha value is -2.11. The number of hydrogen-bond donors (Lipinski definition) is 2. The number of nitrogens with two attached hydrogens (primary N) is 1. The van der Waals surface area contributed by atoms with Crippen molar-refractivity contribution < 1.29 is 14.3 Å². The maximum Gasteiger partial charge on any atom is 0.262 e. The van der Waals surface area contributed by atoms with Crippen LogP contribution in [0.3, 0.4) is 0 Å². The number of nitrogen functional groups attached to an aromatic ring is 1. The number of hydrogen-bond acceptors (Lipinski definition) is 4. The van der Waals surface area contributed by atoms with Crippen LogP contribution in [0.25, 0.3) is 0 Å². The third kappa shape index (κ3) is 4.43. The molecule has 7 heteroatoms. The first-order valence-corrected chi connectivity index (χ1v) is 7.48. The molecule has 2 rings (SSSR count). The minimum atomic E-state index is -0.349. The van der Waals surface area contributed by atoms with Gasteiger partial charge in [-0.05, 0) is 36.8 Å². The second-order valence-electron chi connectivity index (χ2n) is 4.83. The van der Waals surface area contributed by atoms with Gasteiger partial charge < -0.3 is 20.5 Å². The fourth-order valence-electron chi connectivity index (χ4n) is 2.01. The van der Waals surface area contributed by atoms with Crippen LogP contribution in [0, 0.1) is 6.92 Å². The molecule has 0 aromatic heterocycles. The molecule has 0 aliphatic heterocycles. The Bertz CT molecular complexity index is 712. The summed E-state index contributed by atoms with van der Waals surface area (Å²) in [4.78, 5) is 12.0. The zero-order valence-corrected chi connectivity index (χ0v) is 14.2. The van der Waals surface area contributed by atoms with E-state index in [0.717, 1.165) is 5.56 Å². The van der Waals surface area contributed by atoms with Crippen LogP contribution in [0.4, 0.5) is 11.4 Å². The standard InChI is InChI=1S/C16H16Cl2N2O3/c1-9-5-10(17)6-12(18)16(9)23-8-15(21)20-13-4-3-11(19)7-14(13)22-2/h3-7H,8,19H2,1-2H3,(H,20,21). The van der Waals surface area contributed by atoms with Gasteiger partial charge in [-0.25, -0.2) is 0 Å². The molecule has 0 fully saturated rings. The Morgan fingerprint density at radius 1 is 1.26 bits per heavy atom. The molecule has 3 N–H and O–H groups in total. The van der Waals surface area contributed by atoms with Crippen LogP contribution >= 0.6 is 23.2 Å². The fraction of sp³-hybridized carbons (Fsp3) is 0.188. The minimum Gasteiger partial charge on any atom is -0.494 e. The zero-order valence-electron chi connectivity index (χ0n) is 12.7. The number of anilines is 2. The summed E-state index contributed by atoms with van der Waals surface area (Å²) in [6.45, 7) is 1.60. The van der Waals surface area contributed by atoms with Gasteiger partial charge >= 0.3 is 0 Å². The molecule has 122 valence electrons. The molecule has 2 aromatic rings. The van der Waals surface area contributed by atoms with Gasteiger partial charge in [0.15, 0.2) is 6.61 Å². The van der Waals surface area contributed by atoms with E-state index in [0.29, 0.717) is 32.9 Å². The monoisotopic (exact) mass is 354 g/mol. The lowest BCUT2D eigenvalue weighted by Gasteiger charge is -2.13. The highest BCUT2D eigenvalue weighted by Gasteiger charge is 2.12. The number of carbonyl (C=O) groups excluding carboxylic acids is 1. The first-order valence-electron chi connectivity index (χ1n) is 6.72. The van der Waals surface area contributed by atoms with Crippen LogP contribution in [0.5, 0.6) is 11.5 Å². The molecule has 0 aliphatic carbocycles. The van der Waals surface area contributed by atoms with Crippen LogP contribution < -0.4 is 20.5 Å². The van der Waals surface area contributed by atoms with Crippen molar-refractivity contribution in [1.29, 1.82) is 0 Å². The summed E-state index contributed by atoms with van der Waals surface area (Å²) >= 11 is 12.0. The SMILES string of the molecule is COc1cc(N)ccc1NC(=O)COc1c(C)cc(Cl)cc1Cl. The van der Waals surface area contributed by atoms with Gasteiger partial charge in [-0.15, -0.1) is 0 Å². The van der Waals surface area contributed by atoms with Crippen LogP contribution in [-0.2, 0) is 4.79 Å². The lowest BCUT2D eigenvalue weighted by Crippen LogP contribution is -2.21. The number of amides is 1. The number of nitrogens with one attached hydrogen (secondary N) is 1. The average Bonchev–Trinajstić information content (AvgIpc) is 2.47. The fourth-order valence-corrected chi connectivity index (χ4v) is 2.66. The van der Waals surface area contributed by atoms with Gasteiger partial charge in [-0.1, -0.05) is 23.2 Å². The van der Waals surface area contributed by atoms with Gasteiger partial charge in [0.1, 0.15) is 11.5 Å². The summed E-state index contributed by atoms with van der Waals surface area (Å²) in [6, 6.07) is 8.22. The molecule has 0 bridgehead atoms. The molecule has 1 amide bonds. The van der Waals surface area contributed by atoms with Gasteiger partial charge in [0.25, 0.3) is 5.91 Å². The Labute approximate surface area is 144 Å². The summed E-state index contributed by atoms with van der Waals surface area (Å²) in [7, 11) is 1.50. The summed E-state index contributed by atoms with van der Waals surface area (Å²) in [6.07, 6.45) is 0. The van der Waals surface area contributed by atoms with Gasteiger partial charge in [0, 0.05) is 16.8 Å². The zero-order chi connectivity index (χ0) is 17.0. The van der Waals surface area contributed by atoms with Gasteiger partial charge in [0.2, 0.25) is 0 Å². The van der Waals surface area contributed by atoms with Crippen molar-refractivity contribution in [3.63, 3.8) is 0 Å². The van der Waals surface area contributed by atoms with Crippen molar-refractivity contribution in [3.8, 4) is 11.5 Å². The van der Waals surface area contributed by atoms with Gasteiger partial charge in [0.05, 0.1) is 17.8 Å². The number of rotatable bonds is 5. The number of ether oxygens (including phenoxy) is 2. The van der Waals surface area contributed by atoms with Crippen LogP contribution in [0.15, 0.2) is 30.3 Å². The van der Waals surface area contributed by atoms with Crippen molar-refractivity contribution in [3.05, 3.63) is 45.9 Å². The summed E-state index contributed by atoms with van der Waals surface area (Å²) < 4.78 is 10.7. The van der Waals surface area contributed by atoms with Gasteiger partial charge in [-0.3, -0.25) is 4.79 Å². The lowest BCUT2D eigenvalue weighted by molar-refractivity contribution is -0.118. The molecule has 23 heavy (non-hydrogen) atoms. The van der Waals surface area contributed by atoms with E-state index < -0.39 is 0 Å². The number of carbonyl (C=O) groups is 1. The Morgan fingerprint density at radius 2 is 2.00 bits per heavy atom. The summed E-state index contributed by atoms with van der Waals surface area (Å²) in [5.74, 6) is 0.549. The van der Waals surface area contributed by atoms with E-state index in [-0.39, 0.29) is 12.5 Å². The molecular formula is C16H16Cl2N2O3. The maximum atomic E-state index is 12.0. The molecule has 0 radical (unpaired) electrons. The molecule has 2 aromatic carbocycles. The topological polar surface area (TPSA) is 73.6 Å². The first kappa shape index (κ1) is 17.2. The van der Waals surface area contributed by atoms with Crippen molar-refractivity contribution >= 4 is 40.5 Å². The predicted octanol–water partition coefficient (Wildman–Crippen LogP) is 3.91. The maximum absolute atomic E-state index is 12.0. The van der Waals surface area contributed by atoms with E-state index in [1.54, 1.807) is 37.3 Å². The van der Waals surface area contributed by atoms with Crippen LogP contribution in [-0.4, -0.2) is 19.6 Å². The van der Waals surface area contributed by atoms with Crippen molar-refractivity contribution in [2.24, 2.45) is 0 Å². The summed E-state index contributed by atoms with van der Waals surface area (Å²) in [5.41, 5.74) is 7.47. The normalized spacial score (nSPS) is 10.3. The largest absolute Gasteiger partial charge is 0.494 e. The highest BCUT2D eigenvalue weighted by Crippen LogP contribution is 2.32. The molecule has 5 nitrogen and oxygen atoms in total. The smallest absolute Gasteiger partial charge is 0.262 e. The van der Waals surface area contributed by atoms with Gasteiger partial charge in [-0.2, -0.15) is 0 Å². The molecular weight excluding hydrogens is 339 g/mol. The molecule has 0 heterocycles. The second kappa shape index (κ2) is 7.44.